The lowest BCUT2D eigenvalue weighted by Crippen LogP contribution is -2.48. The van der Waals surface area contributed by atoms with Gasteiger partial charge in [-0.15, -0.1) is 0 Å². The van der Waals surface area contributed by atoms with E-state index in [4.69, 9.17) is 10.5 Å². The van der Waals surface area contributed by atoms with Gasteiger partial charge in [-0.2, -0.15) is 0 Å². The zero-order chi connectivity index (χ0) is 11.8. The van der Waals surface area contributed by atoms with Crippen molar-refractivity contribution >= 4 is 11.4 Å². The molecule has 1 heterocycles. The maximum atomic E-state index is 6.03. The molecule has 1 aliphatic heterocycles. The van der Waals surface area contributed by atoms with E-state index in [1.807, 2.05) is 12.1 Å². The average molecular weight is 220 g/mol. The highest BCUT2D eigenvalue weighted by Crippen LogP contribution is 2.28. The fourth-order valence-electron chi connectivity index (χ4n) is 2.15. The fraction of sp³-hybridized carbons (Fsp3) is 0.538. The van der Waals surface area contributed by atoms with Crippen molar-refractivity contribution in [2.75, 3.05) is 30.3 Å². The first kappa shape index (κ1) is 11.3. The molecular formula is C13H20N2O. The Labute approximate surface area is 97.2 Å². The number of benzene rings is 1. The van der Waals surface area contributed by atoms with Gasteiger partial charge in [0.05, 0.1) is 23.6 Å². The van der Waals surface area contributed by atoms with Crippen LogP contribution in [0.3, 0.4) is 0 Å². The molecule has 1 saturated heterocycles. The largest absolute Gasteiger partial charge is 0.397 e. The van der Waals surface area contributed by atoms with E-state index in [9.17, 15) is 0 Å². The molecule has 0 radical (unpaired) electrons. The molecule has 3 nitrogen and oxygen atoms in total. The summed E-state index contributed by atoms with van der Waals surface area (Å²) in [5.41, 5.74) is 9.17. The van der Waals surface area contributed by atoms with Crippen LogP contribution in [0.1, 0.15) is 19.4 Å². The molecule has 1 fully saturated rings. The Morgan fingerprint density at radius 2 is 2.12 bits per heavy atom. The molecule has 0 saturated carbocycles. The third-order valence-corrected chi connectivity index (χ3v) is 2.95. The molecule has 1 aliphatic rings. The summed E-state index contributed by atoms with van der Waals surface area (Å²) in [6, 6.07) is 6.17. The zero-order valence-corrected chi connectivity index (χ0v) is 10.3. The van der Waals surface area contributed by atoms with Crippen LogP contribution in [0.5, 0.6) is 0 Å². The number of hydrogen-bond donors (Lipinski definition) is 1. The van der Waals surface area contributed by atoms with E-state index in [0.29, 0.717) is 0 Å². The van der Waals surface area contributed by atoms with Gasteiger partial charge in [0, 0.05) is 13.1 Å². The van der Waals surface area contributed by atoms with Crippen LogP contribution in [-0.2, 0) is 4.74 Å². The van der Waals surface area contributed by atoms with E-state index in [1.54, 1.807) is 0 Å². The number of hydrogen-bond acceptors (Lipinski definition) is 3. The normalized spacial score (nSPS) is 19.8. The van der Waals surface area contributed by atoms with Gasteiger partial charge in [-0.1, -0.05) is 6.07 Å². The Balaban J connectivity index is 2.26. The predicted octanol–water partition coefficient (Wildman–Crippen LogP) is 2.19. The van der Waals surface area contributed by atoms with Crippen molar-refractivity contribution in [1.29, 1.82) is 0 Å². The topological polar surface area (TPSA) is 38.5 Å². The van der Waals surface area contributed by atoms with Crippen molar-refractivity contribution < 1.29 is 4.74 Å². The molecule has 88 valence electrons. The maximum Gasteiger partial charge on any atom is 0.0801 e. The third kappa shape index (κ3) is 2.30. The quantitative estimate of drug-likeness (QED) is 0.737. The van der Waals surface area contributed by atoms with Crippen LogP contribution in [0, 0.1) is 6.92 Å². The summed E-state index contributed by atoms with van der Waals surface area (Å²) >= 11 is 0. The van der Waals surface area contributed by atoms with E-state index in [0.717, 1.165) is 31.1 Å². The first-order valence-electron chi connectivity index (χ1n) is 5.73. The Bertz CT molecular complexity index is 388. The molecule has 2 N–H and O–H groups in total. The van der Waals surface area contributed by atoms with Gasteiger partial charge in [0.1, 0.15) is 0 Å². The lowest BCUT2D eigenvalue weighted by atomic mass is 10.1. The first-order chi connectivity index (χ1) is 7.48. The van der Waals surface area contributed by atoms with Crippen LogP contribution >= 0.6 is 0 Å². The van der Waals surface area contributed by atoms with E-state index < -0.39 is 0 Å². The van der Waals surface area contributed by atoms with Gasteiger partial charge in [0.25, 0.3) is 0 Å². The predicted molar refractivity (Wildman–Crippen MR) is 67.8 cm³/mol. The summed E-state index contributed by atoms with van der Waals surface area (Å²) in [4.78, 5) is 2.31. The molecule has 0 atom stereocenters. The van der Waals surface area contributed by atoms with Crippen molar-refractivity contribution in [2.45, 2.75) is 26.4 Å². The van der Waals surface area contributed by atoms with E-state index in [-0.39, 0.29) is 5.60 Å². The lowest BCUT2D eigenvalue weighted by Gasteiger charge is -2.40. The molecule has 0 bridgehead atoms. The second kappa shape index (κ2) is 3.98. The molecule has 2 rings (SSSR count). The van der Waals surface area contributed by atoms with Crippen molar-refractivity contribution in [2.24, 2.45) is 0 Å². The van der Waals surface area contributed by atoms with Gasteiger partial charge in [0.2, 0.25) is 0 Å². The van der Waals surface area contributed by atoms with Crippen LogP contribution < -0.4 is 10.6 Å². The standard InChI is InChI=1S/C13H20N2O/c1-10-4-5-11(14)12(8-10)15-6-7-16-13(2,3)9-15/h4-5,8H,6-7,9,14H2,1-3H3. The number of morpholine rings is 1. The van der Waals surface area contributed by atoms with E-state index >= 15 is 0 Å². The SMILES string of the molecule is Cc1ccc(N)c(N2CCOC(C)(C)C2)c1. The van der Waals surface area contributed by atoms with Crippen LogP contribution in [0.4, 0.5) is 11.4 Å². The van der Waals surface area contributed by atoms with Crippen molar-refractivity contribution in [3.8, 4) is 0 Å². The van der Waals surface area contributed by atoms with Gasteiger partial charge in [-0.05, 0) is 38.5 Å². The fourth-order valence-corrected chi connectivity index (χ4v) is 2.15. The second-order valence-corrected chi connectivity index (χ2v) is 5.09. The minimum absolute atomic E-state index is 0.0889. The summed E-state index contributed by atoms with van der Waals surface area (Å²) in [7, 11) is 0. The zero-order valence-electron chi connectivity index (χ0n) is 10.3. The number of nitrogen functional groups attached to an aromatic ring is 1. The van der Waals surface area contributed by atoms with Crippen LogP contribution in [0.15, 0.2) is 18.2 Å². The highest BCUT2D eigenvalue weighted by Gasteiger charge is 2.28. The summed E-state index contributed by atoms with van der Waals surface area (Å²) in [6.45, 7) is 8.89. The van der Waals surface area contributed by atoms with Crippen molar-refractivity contribution in [1.82, 2.24) is 0 Å². The number of aryl methyl sites for hydroxylation is 1. The molecule has 0 aliphatic carbocycles. The van der Waals surface area contributed by atoms with Crippen molar-refractivity contribution in [3.05, 3.63) is 23.8 Å². The Morgan fingerprint density at radius 1 is 1.38 bits per heavy atom. The highest BCUT2D eigenvalue weighted by molar-refractivity contribution is 5.68. The molecule has 0 aromatic heterocycles. The monoisotopic (exact) mass is 220 g/mol. The van der Waals surface area contributed by atoms with Crippen molar-refractivity contribution in [3.63, 3.8) is 0 Å². The van der Waals surface area contributed by atoms with Gasteiger partial charge < -0.3 is 15.4 Å². The van der Waals surface area contributed by atoms with Crippen LogP contribution in [-0.4, -0.2) is 25.3 Å². The molecule has 0 amide bonds. The Morgan fingerprint density at radius 3 is 2.81 bits per heavy atom. The summed E-state index contributed by atoms with van der Waals surface area (Å²) in [5, 5.41) is 0. The second-order valence-electron chi connectivity index (χ2n) is 5.09. The molecule has 3 heteroatoms. The summed E-state index contributed by atoms with van der Waals surface area (Å²) < 4.78 is 5.70. The summed E-state index contributed by atoms with van der Waals surface area (Å²) in [5.74, 6) is 0. The number of ether oxygens (including phenoxy) is 1. The lowest BCUT2D eigenvalue weighted by molar-refractivity contribution is -0.0276. The Kier molecular flexibility index (Phi) is 2.80. The number of nitrogens with zero attached hydrogens (tertiary/aromatic N) is 1. The summed E-state index contributed by atoms with van der Waals surface area (Å²) in [6.07, 6.45) is 0. The van der Waals surface area contributed by atoms with E-state index in [1.165, 1.54) is 5.56 Å². The minimum Gasteiger partial charge on any atom is -0.397 e. The minimum atomic E-state index is -0.0889. The van der Waals surface area contributed by atoms with Gasteiger partial charge in [-0.3, -0.25) is 0 Å². The molecule has 0 spiro atoms. The smallest absolute Gasteiger partial charge is 0.0801 e. The van der Waals surface area contributed by atoms with Crippen LogP contribution in [0.2, 0.25) is 0 Å². The van der Waals surface area contributed by atoms with Gasteiger partial charge in [-0.25, -0.2) is 0 Å². The number of anilines is 2. The molecule has 1 aromatic rings. The highest BCUT2D eigenvalue weighted by atomic mass is 16.5. The maximum absolute atomic E-state index is 6.03. The number of nitrogens with two attached hydrogens (primary N) is 1. The molecule has 0 unspecified atom stereocenters. The first-order valence-corrected chi connectivity index (χ1v) is 5.73. The number of rotatable bonds is 1. The van der Waals surface area contributed by atoms with Gasteiger partial charge in [0.15, 0.2) is 0 Å². The van der Waals surface area contributed by atoms with E-state index in [2.05, 4.69) is 31.7 Å². The average Bonchev–Trinajstić information content (AvgIpc) is 2.20. The molecule has 1 aromatic carbocycles. The molecular weight excluding hydrogens is 200 g/mol. The Hall–Kier alpha value is -1.22. The van der Waals surface area contributed by atoms with Crippen LogP contribution in [0.25, 0.3) is 0 Å². The van der Waals surface area contributed by atoms with Gasteiger partial charge >= 0.3 is 0 Å². The third-order valence-electron chi connectivity index (χ3n) is 2.95. The molecule has 16 heavy (non-hydrogen) atoms.